The summed E-state index contributed by atoms with van der Waals surface area (Å²) in [5, 5.41) is 8.11. The van der Waals surface area contributed by atoms with Crippen molar-refractivity contribution in [1.29, 1.82) is 0 Å². The Morgan fingerprint density at radius 3 is 2.59 bits per heavy atom. The minimum Gasteiger partial charge on any atom is -0.326 e. The van der Waals surface area contributed by atoms with Gasteiger partial charge in [-0.2, -0.15) is 0 Å². The maximum Gasteiger partial charge on any atom is 0.0424 e. The van der Waals surface area contributed by atoms with Gasteiger partial charge in [0.1, 0.15) is 0 Å². The summed E-state index contributed by atoms with van der Waals surface area (Å²) in [4.78, 5) is 0. The summed E-state index contributed by atoms with van der Waals surface area (Å²) in [7, 11) is 0. The molecule has 2 atom stereocenters. The van der Waals surface area contributed by atoms with Crippen molar-refractivity contribution in [3.8, 4) is 0 Å². The maximum atomic E-state index is 5.93. The summed E-state index contributed by atoms with van der Waals surface area (Å²) in [5.41, 5.74) is 6.92. The molecule has 1 fully saturated rings. The van der Waals surface area contributed by atoms with E-state index in [0.717, 1.165) is 31.6 Å². The minimum absolute atomic E-state index is 0.294. The molecule has 1 heterocycles. The highest BCUT2D eigenvalue weighted by molar-refractivity contribution is 6.34. The Labute approximate surface area is 112 Å². The third-order valence-corrected chi connectivity index (χ3v) is 3.33. The normalized spacial score (nSPS) is 24.2. The van der Waals surface area contributed by atoms with Crippen LogP contribution in [0.5, 0.6) is 0 Å². The van der Waals surface area contributed by atoms with E-state index in [1.54, 1.807) is 6.07 Å². The van der Waals surface area contributed by atoms with Crippen LogP contribution >= 0.6 is 23.2 Å². The van der Waals surface area contributed by atoms with Crippen LogP contribution in [0.1, 0.15) is 12.0 Å². The molecule has 3 nitrogen and oxygen atoms in total. The monoisotopic (exact) mass is 273 g/mol. The van der Waals surface area contributed by atoms with Gasteiger partial charge >= 0.3 is 0 Å². The van der Waals surface area contributed by atoms with Crippen molar-refractivity contribution in [2.45, 2.75) is 25.0 Å². The van der Waals surface area contributed by atoms with Crippen molar-refractivity contribution in [3.63, 3.8) is 0 Å². The lowest BCUT2D eigenvalue weighted by Gasteiger charge is -2.11. The van der Waals surface area contributed by atoms with E-state index in [-0.39, 0.29) is 0 Å². The van der Waals surface area contributed by atoms with Crippen molar-refractivity contribution in [2.24, 2.45) is 5.73 Å². The highest BCUT2D eigenvalue weighted by Crippen LogP contribution is 2.18. The quantitative estimate of drug-likeness (QED) is 0.784. The van der Waals surface area contributed by atoms with Gasteiger partial charge in [-0.3, -0.25) is 0 Å². The molecule has 0 bridgehead atoms. The Morgan fingerprint density at radius 2 is 2.00 bits per heavy atom. The average molecular weight is 274 g/mol. The predicted molar refractivity (Wildman–Crippen MR) is 72.6 cm³/mol. The van der Waals surface area contributed by atoms with E-state index in [9.17, 15) is 0 Å². The van der Waals surface area contributed by atoms with E-state index in [1.807, 2.05) is 12.1 Å². The van der Waals surface area contributed by atoms with Crippen LogP contribution in [0.25, 0.3) is 0 Å². The molecular formula is C12H17Cl2N3. The van der Waals surface area contributed by atoms with Gasteiger partial charge in [0, 0.05) is 41.8 Å². The SMILES string of the molecule is NC1CNC(CNCc2cc(Cl)cc(Cl)c2)C1. The van der Waals surface area contributed by atoms with Crippen LogP contribution in [0.15, 0.2) is 18.2 Å². The highest BCUT2D eigenvalue weighted by atomic mass is 35.5. The third-order valence-electron chi connectivity index (χ3n) is 2.90. The van der Waals surface area contributed by atoms with Gasteiger partial charge in [0.05, 0.1) is 0 Å². The number of hydrogen-bond donors (Lipinski definition) is 3. The Kier molecular flexibility index (Phi) is 4.65. The lowest BCUT2D eigenvalue weighted by atomic mass is 10.1. The van der Waals surface area contributed by atoms with Gasteiger partial charge in [-0.15, -0.1) is 0 Å². The zero-order chi connectivity index (χ0) is 12.3. The Hall–Kier alpha value is -0.320. The van der Waals surface area contributed by atoms with Crippen LogP contribution in [-0.4, -0.2) is 25.2 Å². The molecule has 1 aliphatic heterocycles. The second kappa shape index (κ2) is 6.03. The van der Waals surface area contributed by atoms with Crippen molar-refractivity contribution in [1.82, 2.24) is 10.6 Å². The molecule has 1 aromatic rings. The van der Waals surface area contributed by atoms with Gasteiger partial charge < -0.3 is 16.4 Å². The topological polar surface area (TPSA) is 50.1 Å². The molecule has 5 heteroatoms. The minimum atomic E-state index is 0.294. The van der Waals surface area contributed by atoms with E-state index in [0.29, 0.717) is 22.1 Å². The number of nitrogens with one attached hydrogen (secondary N) is 2. The van der Waals surface area contributed by atoms with E-state index >= 15 is 0 Å². The summed E-state index contributed by atoms with van der Waals surface area (Å²) >= 11 is 11.9. The van der Waals surface area contributed by atoms with Gasteiger partial charge in [0.15, 0.2) is 0 Å². The smallest absolute Gasteiger partial charge is 0.0424 e. The summed E-state index contributed by atoms with van der Waals surface area (Å²) in [5.74, 6) is 0. The summed E-state index contributed by atoms with van der Waals surface area (Å²) < 4.78 is 0. The summed E-state index contributed by atoms with van der Waals surface area (Å²) in [6, 6.07) is 6.36. The summed E-state index contributed by atoms with van der Waals surface area (Å²) in [6.07, 6.45) is 1.03. The molecular weight excluding hydrogens is 257 g/mol. The number of benzene rings is 1. The molecule has 17 heavy (non-hydrogen) atoms. The maximum absolute atomic E-state index is 5.93. The molecule has 0 amide bonds. The van der Waals surface area contributed by atoms with E-state index in [4.69, 9.17) is 28.9 Å². The fourth-order valence-corrected chi connectivity index (χ4v) is 2.68. The van der Waals surface area contributed by atoms with Gasteiger partial charge in [-0.25, -0.2) is 0 Å². The third kappa shape index (κ3) is 4.12. The molecule has 0 spiro atoms. The molecule has 0 radical (unpaired) electrons. The molecule has 0 aromatic heterocycles. The first kappa shape index (κ1) is 13.1. The fourth-order valence-electron chi connectivity index (χ4n) is 2.11. The number of halogens is 2. The van der Waals surface area contributed by atoms with Crippen molar-refractivity contribution >= 4 is 23.2 Å². The lowest BCUT2D eigenvalue weighted by Crippen LogP contribution is -2.33. The average Bonchev–Trinajstić information content (AvgIpc) is 2.63. The van der Waals surface area contributed by atoms with Crippen molar-refractivity contribution in [3.05, 3.63) is 33.8 Å². The van der Waals surface area contributed by atoms with Crippen LogP contribution in [-0.2, 0) is 6.54 Å². The fraction of sp³-hybridized carbons (Fsp3) is 0.500. The van der Waals surface area contributed by atoms with Gasteiger partial charge in [-0.1, -0.05) is 23.2 Å². The van der Waals surface area contributed by atoms with Crippen molar-refractivity contribution < 1.29 is 0 Å². The molecule has 2 rings (SSSR count). The molecule has 1 aliphatic rings. The van der Waals surface area contributed by atoms with E-state index in [2.05, 4.69) is 10.6 Å². The number of hydrogen-bond acceptors (Lipinski definition) is 3. The van der Waals surface area contributed by atoms with Crippen LogP contribution < -0.4 is 16.4 Å². The standard InChI is InChI=1S/C12H17Cl2N3/c13-9-1-8(2-10(14)3-9)5-16-7-12-4-11(15)6-17-12/h1-3,11-12,16-17H,4-7,15H2. The first-order chi connectivity index (χ1) is 8.13. The van der Waals surface area contributed by atoms with Crippen molar-refractivity contribution in [2.75, 3.05) is 13.1 Å². The largest absolute Gasteiger partial charge is 0.326 e. The molecule has 1 aromatic carbocycles. The summed E-state index contributed by atoms with van der Waals surface area (Å²) in [6.45, 7) is 2.60. The second-order valence-corrected chi connectivity index (χ2v) is 5.38. The van der Waals surface area contributed by atoms with Crippen LogP contribution in [0.2, 0.25) is 10.0 Å². The van der Waals surface area contributed by atoms with E-state index in [1.165, 1.54) is 0 Å². The highest BCUT2D eigenvalue weighted by Gasteiger charge is 2.19. The predicted octanol–water partition coefficient (Wildman–Crippen LogP) is 1.77. The first-order valence-electron chi connectivity index (χ1n) is 5.78. The molecule has 0 saturated carbocycles. The number of nitrogens with two attached hydrogens (primary N) is 1. The van der Waals surface area contributed by atoms with E-state index < -0.39 is 0 Å². The zero-order valence-corrected chi connectivity index (χ0v) is 11.1. The van der Waals surface area contributed by atoms with Gasteiger partial charge in [0.25, 0.3) is 0 Å². The molecule has 1 saturated heterocycles. The van der Waals surface area contributed by atoms with Crippen LogP contribution in [0.3, 0.4) is 0 Å². The van der Waals surface area contributed by atoms with Gasteiger partial charge in [-0.05, 0) is 30.2 Å². The Morgan fingerprint density at radius 1 is 1.29 bits per heavy atom. The van der Waals surface area contributed by atoms with Crippen LogP contribution in [0.4, 0.5) is 0 Å². The number of rotatable bonds is 4. The molecule has 4 N–H and O–H groups in total. The molecule has 2 unspecified atom stereocenters. The molecule has 94 valence electrons. The van der Waals surface area contributed by atoms with Crippen LogP contribution in [0, 0.1) is 0 Å². The molecule has 0 aliphatic carbocycles. The lowest BCUT2D eigenvalue weighted by molar-refractivity contribution is 0.532. The van der Waals surface area contributed by atoms with Gasteiger partial charge in [0.2, 0.25) is 0 Å². The Balaban J connectivity index is 1.78. The zero-order valence-electron chi connectivity index (χ0n) is 9.55. The second-order valence-electron chi connectivity index (χ2n) is 4.51. The Bertz CT molecular complexity index is 364. The first-order valence-corrected chi connectivity index (χ1v) is 6.54.